The Morgan fingerprint density at radius 2 is 2.67 bits per heavy atom. The summed E-state index contributed by atoms with van der Waals surface area (Å²) in [4.78, 5) is 0. The van der Waals surface area contributed by atoms with Crippen molar-refractivity contribution >= 4 is 0 Å². The van der Waals surface area contributed by atoms with Gasteiger partial charge in [-0.3, -0.25) is 0 Å². The Hall–Kier alpha value is -0.940. The quantitative estimate of drug-likeness (QED) is 0.528. The van der Waals surface area contributed by atoms with Crippen LogP contribution in [-0.2, 0) is 11.3 Å². The van der Waals surface area contributed by atoms with Gasteiger partial charge in [0.15, 0.2) is 0 Å². The van der Waals surface area contributed by atoms with Crippen LogP contribution in [0.4, 0.5) is 0 Å². The number of hydrogen-bond donors (Lipinski definition) is 2. The van der Waals surface area contributed by atoms with E-state index >= 15 is 0 Å². The zero-order valence-corrected chi connectivity index (χ0v) is 4.74. The summed E-state index contributed by atoms with van der Waals surface area (Å²) in [5.74, 6) is 0. The summed E-state index contributed by atoms with van der Waals surface area (Å²) in [6.07, 6.45) is 1.54. The number of aliphatic hydroxyl groups is 1. The van der Waals surface area contributed by atoms with Crippen LogP contribution < -0.4 is 0 Å². The highest BCUT2D eigenvalue weighted by Crippen LogP contribution is 1.89. The van der Waals surface area contributed by atoms with Crippen molar-refractivity contribution in [3.8, 4) is 0 Å². The summed E-state index contributed by atoms with van der Waals surface area (Å²) in [6.45, 7) is 0.0137. The number of hydrogen-bond acceptors (Lipinski definition) is 4. The molecule has 0 fully saturated rings. The molecule has 0 aliphatic rings. The van der Waals surface area contributed by atoms with Crippen LogP contribution in [0.3, 0.4) is 0 Å². The third-order valence-corrected chi connectivity index (χ3v) is 0.806. The van der Waals surface area contributed by atoms with Gasteiger partial charge in [-0.2, -0.15) is 15.4 Å². The average molecular weight is 129 g/mol. The summed E-state index contributed by atoms with van der Waals surface area (Å²) < 4.78 is 4.61. The molecule has 0 aromatic carbocycles. The largest absolute Gasteiger partial charge is 0.371 e. The molecule has 2 N–H and O–H groups in total. The lowest BCUT2D eigenvalue weighted by Gasteiger charge is -1.91. The SMILES string of the molecule is OCOCc1cn[nH]n1. The molecule has 9 heavy (non-hydrogen) atoms. The molecule has 0 amide bonds. The Bertz CT molecular complexity index is 151. The van der Waals surface area contributed by atoms with E-state index in [1.165, 1.54) is 6.20 Å². The number of ether oxygens (including phenoxy) is 1. The van der Waals surface area contributed by atoms with Gasteiger partial charge in [-0.1, -0.05) is 0 Å². The minimum absolute atomic E-state index is 0.285. The second-order valence-corrected chi connectivity index (χ2v) is 1.44. The lowest BCUT2D eigenvalue weighted by molar-refractivity contribution is -0.0125. The van der Waals surface area contributed by atoms with E-state index in [9.17, 15) is 0 Å². The second-order valence-electron chi connectivity index (χ2n) is 1.44. The number of rotatable bonds is 3. The minimum atomic E-state index is -0.285. The highest BCUT2D eigenvalue weighted by Gasteiger charge is 1.92. The zero-order chi connectivity index (χ0) is 6.53. The van der Waals surface area contributed by atoms with Gasteiger partial charge >= 0.3 is 0 Å². The van der Waals surface area contributed by atoms with E-state index in [-0.39, 0.29) is 6.79 Å². The number of nitrogens with one attached hydrogen (secondary N) is 1. The standard InChI is InChI=1S/C4H7N3O2/c8-3-9-2-4-1-5-7-6-4/h1,8H,2-3H2,(H,5,6,7). The predicted octanol–water partition coefficient (Wildman–Crippen LogP) is -0.729. The number of aliphatic hydroxyl groups excluding tert-OH is 1. The highest BCUT2D eigenvalue weighted by molar-refractivity contribution is 4.86. The molecule has 0 spiro atoms. The molecule has 0 saturated heterocycles. The number of H-pyrrole nitrogens is 1. The Kier molecular flexibility index (Phi) is 2.17. The van der Waals surface area contributed by atoms with E-state index in [1.54, 1.807) is 0 Å². The lowest BCUT2D eigenvalue weighted by Crippen LogP contribution is -1.93. The number of aromatic amines is 1. The second kappa shape index (κ2) is 3.16. The Morgan fingerprint density at radius 3 is 3.22 bits per heavy atom. The molecule has 0 aliphatic heterocycles. The molecule has 5 nitrogen and oxygen atoms in total. The smallest absolute Gasteiger partial charge is 0.144 e. The van der Waals surface area contributed by atoms with Crippen molar-refractivity contribution < 1.29 is 9.84 Å². The predicted molar refractivity (Wildman–Crippen MR) is 28.3 cm³/mol. The van der Waals surface area contributed by atoms with E-state index in [4.69, 9.17) is 5.11 Å². The molecule has 50 valence electrons. The maximum Gasteiger partial charge on any atom is 0.144 e. The fraction of sp³-hybridized carbons (Fsp3) is 0.500. The lowest BCUT2D eigenvalue weighted by atomic mass is 10.5. The van der Waals surface area contributed by atoms with Crippen molar-refractivity contribution in [2.75, 3.05) is 6.79 Å². The first-order chi connectivity index (χ1) is 4.43. The maximum absolute atomic E-state index is 8.18. The van der Waals surface area contributed by atoms with Crippen molar-refractivity contribution in [1.29, 1.82) is 0 Å². The molecule has 0 aliphatic carbocycles. The van der Waals surface area contributed by atoms with Crippen LogP contribution in [0, 0.1) is 0 Å². The van der Waals surface area contributed by atoms with Gasteiger partial charge < -0.3 is 9.84 Å². The van der Waals surface area contributed by atoms with Crippen LogP contribution in [0.1, 0.15) is 5.69 Å². The normalized spacial score (nSPS) is 9.89. The highest BCUT2D eigenvalue weighted by atomic mass is 16.6. The van der Waals surface area contributed by atoms with E-state index in [1.807, 2.05) is 0 Å². The van der Waals surface area contributed by atoms with Gasteiger partial charge in [0.2, 0.25) is 0 Å². The van der Waals surface area contributed by atoms with Crippen LogP contribution >= 0.6 is 0 Å². The van der Waals surface area contributed by atoms with E-state index in [2.05, 4.69) is 20.1 Å². The van der Waals surface area contributed by atoms with Crippen LogP contribution in [-0.4, -0.2) is 27.3 Å². The van der Waals surface area contributed by atoms with Crippen LogP contribution in [0.25, 0.3) is 0 Å². The van der Waals surface area contributed by atoms with Crippen molar-refractivity contribution in [2.45, 2.75) is 6.61 Å². The molecule has 0 bridgehead atoms. The van der Waals surface area contributed by atoms with E-state index in [0.29, 0.717) is 12.3 Å². The first-order valence-electron chi connectivity index (χ1n) is 2.46. The Balaban J connectivity index is 2.30. The van der Waals surface area contributed by atoms with E-state index < -0.39 is 0 Å². The van der Waals surface area contributed by atoms with Crippen LogP contribution in [0.2, 0.25) is 0 Å². The molecule has 0 atom stereocenters. The molecule has 0 radical (unpaired) electrons. The van der Waals surface area contributed by atoms with Crippen LogP contribution in [0.15, 0.2) is 6.20 Å². The first kappa shape index (κ1) is 6.18. The first-order valence-corrected chi connectivity index (χ1v) is 2.46. The molecular formula is C4H7N3O2. The molecule has 1 rings (SSSR count). The van der Waals surface area contributed by atoms with Gasteiger partial charge in [0.05, 0.1) is 12.8 Å². The summed E-state index contributed by atoms with van der Waals surface area (Å²) >= 11 is 0. The summed E-state index contributed by atoms with van der Waals surface area (Å²) in [7, 11) is 0. The number of nitrogens with zero attached hydrogens (tertiary/aromatic N) is 2. The average Bonchev–Trinajstić information content (AvgIpc) is 2.34. The minimum Gasteiger partial charge on any atom is -0.371 e. The maximum atomic E-state index is 8.18. The molecular weight excluding hydrogens is 122 g/mol. The third-order valence-electron chi connectivity index (χ3n) is 0.806. The van der Waals surface area contributed by atoms with Gasteiger partial charge in [0, 0.05) is 0 Å². The van der Waals surface area contributed by atoms with Crippen molar-refractivity contribution in [3.05, 3.63) is 11.9 Å². The van der Waals surface area contributed by atoms with Gasteiger partial charge in [0.1, 0.15) is 12.5 Å². The van der Waals surface area contributed by atoms with E-state index in [0.717, 1.165) is 0 Å². The topological polar surface area (TPSA) is 71.0 Å². The monoisotopic (exact) mass is 129 g/mol. The Labute approximate surface area is 51.7 Å². The molecule has 0 unspecified atom stereocenters. The molecule has 1 heterocycles. The fourth-order valence-electron chi connectivity index (χ4n) is 0.445. The summed E-state index contributed by atoms with van der Waals surface area (Å²) in [5, 5.41) is 17.8. The van der Waals surface area contributed by atoms with Crippen molar-refractivity contribution in [3.63, 3.8) is 0 Å². The van der Waals surface area contributed by atoms with Gasteiger partial charge in [-0.25, -0.2) is 0 Å². The molecule has 1 aromatic heterocycles. The zero-order valence-electron chi connectivity index (χ0n) is 4.74. The molecule has 1 aromatic rings. The summed E-state index contributed by atoms with van der Waals surface area (Å²) in [6, 6.07) is 0. The Morgan fingerprint density at radius 1 is 1.78 bits per heavy atom. The number of aromatic nitrogens is 3. The fourth-order valence-corrected chi connectivity index (χ4v) is 0.445. The molecule has 5 heteroatoms. The van der Waals surface area contributed by atoms with Crippen LogP contribution in [0.5, 0.6) is 0 Å². The van der Waals surface area contributed by atoms with Crippen molar-refractivity contribution in [2.24, 2.45) is 0 Å². The summed E-state index contributed by atoms with van der Waals surface area (Å²) in [5.41, 5.74) is 0.684. The van der Waals surface area contributed by atoms with Gasteiger partial charge in [-0.05, 0) is 0 Å². The third kappa shape index (κ3) is 1.79. The molecule has 0 saturated carbocycles. The van der Waals surface area contributed by atoms with Gasteiger partial charge in [-0.15, -0.1) is 0 Å². The van der Waals surface area contributed by atoms with Crippen molar-refractivity contribution in [1.82, 2.24) is 15.4 Å². The van der Waals surface area contributed by atoms with Gasteiger partial charge in [0.25, 0.3) is 0 Å².